The van der Waals surface area contributed by atoms with E-state index in [4.69, 9.17) is 16.7 Å². The zero-order valence-electron chi connectivity index (χ0n) is 11.5. The molecule has 1 aromatic rings. The molecular formula is C14H19ClN2O3. The summed E-state index contributed by atoms with van der Waals surface area (Å²) in [7, 11) is 0. The molecule has 1 rings (SSSR count). The SMILES string of the molecule is CCC[C@@H](NC(=O)NC(C)c1ccc(Cl)cc1)C(=O)O. The van der Waals surface area contributed by atoms with Gasteiger partial charge in [0.25, 0.3) is 0 Å². The van der Waals surface area contributed by atoms with Crippen LogP contribution in [0.3, 0.4) is 0 Å². The van der Waals surface area contributed by atoms with Gasteiger partial charge in [-0.1, -0.05) is 37.1 Å². The summed E-state index contributed by atoms with van der Waals surface area (Å²) in [5.41, 5.74) is 0.895. The Morgan fingerprint density at radius 2 is 1.85 bits per heavy atom. The van der Waals surface area contributed by atoms with E-state index >= 15 is 0 Å². The minimum atomic E-state index is -1.03. The average molecular weight is 299 g/mol. The third-order valence-electron chi connectivity index (χ3n) is 2.90. The molecule has 0 radical (unpaired) electrons. The molecule has 0 heterocycles. The van der Waals surface area contributed by atoms with Crippen LogP contribution in [0, 0.1) is 0 Å². The number of benzene rings is 1. The van der Waals surface area contributed by atoms with Crippen LogP contribution in [0.4, 0.5) is 4.79 Å². The second-order valence-electron chi connectivity index (χ2n) is 4.57. The van der Waals surface area contributed by atoms with E-state index in [1.54, 1.807) is 12.1 Å². The third-order valence-corrected chi connectivity index (χ3v) is 3.15. The molecule has 2 atom stereocenters. The Balaban J connectivity index is 2.56. The van der Waals surface area contributed by atoms with Gasteiger partial charge in [-0.05, 0) is 31.0 Å². The lowest BCUT2D eigenvalue weighted by Crippen LogP contribution is -2.46. The van der Waals surface area contributed by atoms with Crippen LogP contribution >= 0.6 is 11.6 Å². The predicted molar refractivity (Wildman–Crippen MR) is 77.9 cm³/mol. The maximum Gasteiger partial charge on any atom is 0.326 e. The van der Waals surface area contributed by atoms with E-state index < -0.39 is 18.0 Å². The highest BCUT2D eigenvalue weighted by Gasteiger charge is 2.19. The lowest BCUT2D eigenvalue weighted by Gasteiger charge is -2.18. The molecular weight excluding hydrogens is 280 g/mol. The number of aliphatic carboxylic acids is 1. The molecule has 1 unspecified atom stereocenters. The molecule has 20 heavy (non-hydrogen) atoms. The summed E-state index contributed by atoms with van der Waals surface area (Å²) in [5, 5.41) is 14.8. The van der Waals surface area contributed by atoms with Crippen molar-refractivity contribution in [3.05, 3.63) is 34.9 Å². The molecule has 0 aliphatic heterocycles. The van der Waals surface area contributed by atoms with Crippen molar-refractivity contribution in [1.29, 1.82) is 0 Å². The molecule has 3 N–H and O–H groups in total. The number of urea groups is 1. The summed E-state index contributed by atoms with van der Waals surface area (Å²) in [5.74, 6) is -1.03. The highest BCUT2D eigenvalue weighted by atomic mass is 35.5. The van der Waals surface area contributed by atoms with E-state index in [-0.39, 0.29) is 6.04 Å². The van der Waals surface area contributed by atoms with Crippen molar-refractivity contribution < 1.29 is 14.7 Å². The van der Waals surface area contributed by atoms with Gasteiger partial charge in [0, 0.05) is 5.02 Å². The first-order valence-electron chi connectivity index (χ1n) is 6.49. The Bertz CT molecular complexity index is 462. The van der Waals surface area contributed by atoms with Gasteiger partial charge in [-0.2, -0.15) is 0 Å². The number of hydrogen-bond donors (Lipinski definition) is 3. The summed E-state index contributed by atoms with van der Waals surface area (Å²) in [6, 6.07) is 5.52. The lowest BCUT2D eigenvalue weighted by atomic mass is 10.1. The second kappa shape index (κ2) is 7.75. The van der Waals surface area contributed by atoms with E-state index in [1.807, 2.05) is 26.0 Å². The second-order valence-corrected chi connectivity index (χ2v) is 5.01. The molecule has 2 amide bonds. The van der Waals surface area contributed by atoms with Gasteiger partial charge in [-0.15, -0.1) is 0 Å². The van der Waals surface area contributed by atoms with Gasteiger partial charge in [0.05, 0.1) is 6.04 Å². The van der Waals surface area contributed by atoms with Crippen LogP contribution in [0.1, 0.15) is 38.3 Å². The average Bonchev–Trinajstić information content (AvgIpc) is 2.38. The molecule has 0 aliphatic rings. The van der Waals surface area contributed by atoms with Crippen molar-refractivity contribution in [1.82, 2.24) is 10.6 Å². The number of hydrogen-bond acceptors (Lipinski definition) is 2. The molecule has 0 saturated carbocycles. The van der Waals surface area contributed by atoms with Gasteiger partial charge in [0.15, 0.2) is 0 Å². The quantitative estimate of drug-likeness (QED) is 0.755. The summed E-state index contributed by atoms with van der Waals surface area (Å²) in [4.78, 5) is 22.7. The van der Waals surface area contributed by atoms with E-state index in [0.29, 0.717) is 17.9 Å². The monoisotopic (exact) mass is 298 g/mol. The van der Waals surface area contributed by atoms with Gasteiger partial charge < -0.3 is 15.7 Å². The largest absolute Gasteiger partial charge is 0.480 e. The number of carboxylic acid groups (broad SMARTS) is 1. The highest BCUT2D eigenvalue weighted by molar-refractivity contribution is 6.30. The molecule has 0 fully saturated rings. The topological polar surface area (TPSA) is 78.4 Å². The first-order valence-corrected chi connectivity index (χ1v) is 6.87. The maximum absolute atomic E-state index is 11.8. The number of carbonyl (C=O) groups excluding carboxylic acids is 1. The molecule has 5 nitrogen and oxygen atoms in total. The fraction of sp³-hybridized carbons (Fsp3) is 0.429. The lowest BCUT2D eigenvalue weighted by molar-refractivity contribution is -0.139. The molecule has 1 aromatic carbocycles. The number of nitrogens with one attached hydrogen (secondary N) is 2. The van der Waals surface area contributed by atoms with Gasteiger partial charge >= 0.3 is 12.0 Å². The minimum Gasteiger partial charge on any atom is -0.480 e. The van der Waals surface area contributed by atoms with Gasteiger partial charge in [-0.3, -0.25) is 0 Å². The normalized spacial score (nSPS) is 13.3. The molecule has 110 valence electrons. The van der Waals surface area contributed by atoms with Crippen molar-refractivity contribution >= 4 is 23.6 Å². The van der Waals surface area contributed by atoms with Crippen molar-refractivity contribution in [2.75, 3.05) is 0 Å². The van der Waals surface area contributed by atoms with Gasteiger partial charge in [0.2, 0.25) is 0 Å². The van der Waals surface area contributed by atoms with E-state index in [9.17, 15) is 9.59 Å². The standard InChI is InChI=1S/C14H19ClN2O3/c1-3-4-12(13(18)19)17-14(20)16-9(2)10-5-7-11(15)8-6-10/h5-9,12H,3-4H2,1-2H3,(H,18,19)(H2,16,17,20)/t9?,12-/m1/s1. The Morgan fingerprint density at radius 3 is 2.35 bits per heavy atom. The van der Waals surface area contributed by atoms with Gasteiger partial charge in [-0.25, -0.2) is 9.59 Å². The summed E-state index contributed by atoms with van der Waals surface area (Å²) >= 11 is 5.80. The molecule has 0 aromatic heterocycles. The van der Waals surface area contributed by atoms with Crippen LogP contribution in [-0.2, 0) is 4.79 Å². The Hall–Kier alpha value is -1.75. The minimum absolute atomic E-state index is 0.233. The van der Waals surface area contributed by atoms with Crippen LogP contribution in [0.25, 0.3) is 0 Å². The first-order chi connectivity index (χ1) is 9.43. The summed E-state index contributed by atoms with van der Waals surface area (Å²) in [6.45, 7) is 3.68. The zero-order valence-corrected chi connectivity index (χ0v) is 12.3. The van der Waals surface area contributed by atoms with Gasteiger partial charge in [0.1, 0.15) is 6.04 Å². The van der Waals surface area contributed by atoms with Crippen LogP contribution < -0.4 is 10.6 Å². The van der Waals surface area contributed by atoms with Crippen molar-refractivity contribution in [3.63, 3.8) is 0 Å². The number of rotatable bonds is 6. The van der Waals surface area contributed by atoms with Crippen LogP contribution in [-0.4, -0.2) is 23.1 Å². The van der Waals surface area contributed by atoms with E-state index in [1.165, 1.54) is 0 Å². The van der Waals surface area contributed by atoms with Crippen LogP contribution in [0.15, 0.2) is 24.3 Å². The van der Waals surface area contributed by atoms with Crippen molar-refractivity contribution in [2.45, 2.75) is 38.8 Å². The fourth-order valence-electron chi connectivity index (χ4n) is 1.78. The van der Waals surface area contributed by atoms with Crippen molar-refractivity contribution in [3.8, 4) is 0 Å². The highest BCUT2D eigenvalue weighted by Crippen LogP contribution is 2.15. The maximum atomic E-state index is 11.8. The van der Waals surface area contributed by atoms with Crippen molar-refractivity contribution in [2.24, 2.45) is 0 Å². The van der Waals surface area contributed by atoms with Crippen LogP contribution in [0.5, 0.6) is 0 Å². The van der Waals surface area contributed by atoms with E-state index in [2.05, 4.69) is 10.6 Å². The Kier molecular flexibility index (Phi) is 6.31. The molecule has 0 bridgehead atoms. The smallest absolute Gasteiger partial charge is 0.326 e. The molecule has 0 saturated heterocycles. The van der Waals surface area contributed by atoms with Crippen LogP contribution in [0.2, 0.25) is 5.02 Å². The Labute approximate surface area is 123 Å². The summed E-state index contributed by atoms with van der Waals surface area (Å²) in [6.07, 6.45) is 1.09. The number of amides is 2. The molecule has 0 spiro atoms. The third kappa shape index (κ3) is 5.09. The molecule has 0 aliphatic carbocycles. The number of halogens is 1. The predicted octanol–water partition coefficient (Wildman–Crippen LogP) is 2.95. The summed E-state index contributed by atoms with van der Waals surface area (Å²) < 4.78 is 0. The number of carboxylic acids is 1. The molecule has 6 heteroatoms. The Morgan fingerprint density at radius 1 is 1.25 bits per heavy atom. The first kappa shape index (κ1) is 16.3. The number of carbonyl (C=O) groups is 2. The fourth-order valence-corrected chi connectivity index (χ4v) is 1.90. The zero-order chi connectivity index (χ0) is 15.1. The van der Waals surface area contributed by atoms with E-state index in [0.717, 1.165) is 5.56 Å².